The molecule has 2 saturated heterocycles. The maximum absolute atomic E-state index is 9.57. The summed E-state index contributed by atoms with van der Waals surface area (Å²) < 4.78 is 5.38. The monoisotopic (exact) mass is 197 g/mol. The van der Waals surface area contributed by atoms with E-state index in [0.717, 1.165) is 26.1 Å². The van der Waals surface area contributed by atoms with Gasteiger partial charge >= 0.3 is 0 Å². The molecule has 3 fully saturated rings. The zero-order valence-corrected chi connectivity index (χ0v) is 8.67. The zero-order valence-electron chi connectivity index (χ0n) is 8.67. The van der Waals surface area contributed by atoms with Gasteiger partial charge in [0.05, 0.1) is 6.61 Å². The molecule has 1 spiro atoms. The lowest BCUT2D eigenvalue weighted by molar-refractivity contribution is -0.107. The van der Waals surface area contributed by atoms with Crippen LogP contribution in [0.2, 0.25) is 0 Å². The van der Waals surface area contributed by atoms with Gasteiger partial charge in [0.1, 0.15) is 0 Å². The molecule has 3 heteroatoms. The molecule has 0 aromatic heterocycles. The Morgan fingerprint density at radius 2 is 1.71 bits per heavy atom. The first-order chi connectivity index (χ1) is 6.79. The predicted octanol–water partition coefficient (Wildman–Crippen LogP) is 0.624. The van der Waals surface area contributed by atoms with Crippen molar-refractivity contribution >= 4 is 0 Å². The van der Waals surface area contributed by atoms with E-state index in [1.165, 1.54) is 25.9 Å². The normalized spacial score (nSPS) is 34.1. The molecule has 0 unspecified atom stereocenters. The van der Waals surface area contributed by atoms with E-state index in [4.69, 9.17) is 4.74 Å². The van der Waals surface area contributed by atoms with Gasteiger partial charge in [-0.05, 0) is 31.1 Å². The van der Waals surface area contributed by atoms with Gasteiger partial charge in [-0.15, -0.1) is 0 Å². The van der Waals surface area contributed by atoms with Crippen molar-refractivity contribution in [2.24, 2.45) is 5.41 Å². The van der Waals surface area contributed by atoms with Crippen molar-refractivity contribution in [2.45, 2.75) is 31.2 Å². The van der Waals surface area contributed by atoms with Crippen molar-refractivity contribution < 1.29 is 9.84 Å². The zero-order chi connectivity index (χ0) is 9.65. The van der Waals surface area contributed by atoms with E-state index in [-0.39, 0.29) is 5.54 Å². The van der Waals surface area contributed by atoms with Crippen LogP contribution in [0.3, 0.4) is 0 Å². The molecule has 1 N–H and O–H groups in total. The third kappa shape index (κ3) is 1.23. The summed E-state index contributed by atoms with van der Waals surface area (Å²) in [5.74, 6) is 0. The summed E-state index contributed by atoms with van der Waals surface area (Å²) in [6.45, 7) is 4.42. The van der Waals surface area contributed by atoms with Gasteiger partial charge in [-0.25, -0.2) is 0 Å². The maximum atomic E-state index is 9.57. The predicted molar refractivity (Wildman–Crippen MR) is 53.1 cm³/mol. The summed E-state index contributed by atoms with van der Waals surface area (Å²) in [6.07, 6.45) is 4.86. The Kier molecular flexibility index (Phi) is 1.92. The smallest absolute Gasteiger partial charge is 0.0617 e. The summed E-state index contributed by atoms with van der Waals surface area (Å²) in [6, 6.07) is 0. The van der Waals surface area contributed by atoms with Crippen LogP contribution in [0.1, 0.15) is 25.7 Å². The number of ether oxygens (including phenoxy) is 1. The molecule has 2 heterocycles. The molecule has 3 rings (SSSR count). The highest BCUT2D eigenvalue weighted by Crippen LogP contribution is 2.55. The number of aliphatic hydroxyl groups is 1. The van der Waals surface area contributed by atoms with Gasteiger partial charge in [0.2, 0.25) is 0 Å². The first-order valence-electron chi connectivity index (χ1n) is 5.72. The highest BCUT2D eigenvalue weighted by atomic mass is 16.5. The Balaban J connectivity index is 1.67. The van der Waals surface area contributed by atoms with Gasteiger partial charge in [0, 0.05) is 31.8 Å². The highest BCUT2D eigenvalue weighted by molar-refractivity contribution is 5.10. The standard InChI is InChI=1S/C11H19NO2/c13-9-11(3-5-14-6-4-11)12-7-10(8-12)1-2-10/h13H,1-9H2. The highest BCUT2D eigenvalue weighted by Gasteiger charge is 2.57. The Labute approximate surface area is 85.0 Å². The Bertz CT molecular complexity index is 223. The van der Waals surface area contributed by atoms with Gasteiger partial charge in [-0.3, -0.25) is 4.90 Å². The van der Waals surface area contributed by atoms with Crippen LogP contribution < -0.4 is 0 Å². The van der Waals surface area contributed by atoms with Crippen LogP contribution in [0, 0.1) is 5.41 Å². The van der Waals surface area contributed by atoms with Crippen LogP contribution in [-0.4, -0.2) is 48.5 Å². The number of likely N-dealkylation sites (tertiary alicyclic amines) is 1. The fraction of sp³-hybridized carbons (Fsp3) is 1.00. The molecular weight excluding hydrogens is 178 g/mol. The van der Waals surface area contributed by atoms with Gasteiger partial charge in [0.15, 0.2) is 0 Å². The molecular formula is C11H19NO2. The number of hydrogen-bond donors (Lipinski definition) is 1. The second kappa shape index (κ2) is 2.94. The van der Waals surface area contributed by atoms with E-state index >= 15 is 0 Å². The van der Waals surface area contributed by atoms with Crippen molar-refractivity contribution in [1.82, 2.24) is 4.90 Å². The van der Waals surface area contributed by atoms with Crippen LogP contribution in [0.5, 0.6) is 0 Å². The minimum absolute atomic E-state index is 0.0755. The number of hydrogen-bond acceptors (Lipinski definition) is 3. The lowest BCUT2D eigenvalue weighted by Gasteiger charge is -2.54. The largest absolute Gasteiger partial charge is 0.394 e. The van der Waals surface area contributed by atoms with Crippen molar-refractivity contribution in [3.63, 3.8) is 0 Å². The van der Waals surface area contributed by atoms with Crippen molar-refractivity contribution in [3.05, 3.63) is 0 Å². The average molecular weight is 197 g/mol. The van der Waals surface area contributed by atoms with Crippen LogP contribution in [0.15, 0.2) is 0 Å². The van der Waals surface area contributed by atoms with Crippen molar-refractivity contribution in [3.8, 4) is 0 Å². The van der Waals surface area contributed by atoms with Crippen LogP contribution in [0.4, 0.5) is 0 Å². The average Bonchev–Trinajstić information content (AvgIpc) is 2.96. The summed E-state index contributed by atoms with van der Waals surface area (Å²) in [5, 5.41) is 9.57. The van der Waals surface area contributed by atoms with Gasteiger partial charge in [-0.1, -0.05) is 0 Å². The minimum Gasteiger partial charge on any atom is -0.394 e. The van der Waals surface area contributed by atoms with Crippen molar-refractivity contribution in [1.29, 1.82) is 0 Å². The number of aliphatic hydroxyl groups excluding tert-OH is 1. The number of rotatable bonds is 2. The molecule has 1 aliphatic carbocycles. The summed E-state index contributed by atoms with van der Waals surface area (Å²) in [4.78, 5) is 2.50. The SMILES string of the molecule is OCC1(N2CC3(CC3)C2)CCOCC1. The third-order valence-electron chi connectivity index (χ3n) is 4.40. The van der Waals surface area contributed by atoms with Crippen molar-refractivity contribution in [2.75, 3.05) is 32.9 Å². The topological polar surface area (TPSA) is 32.7 Å². The first-order valence-corrected chi connectivity index (χ1v) is 5.72. The van der Waals surface area contributed by atoms with E-state index in [9.17, 15) is 5.11 Å². The molecule has 0 atom stereocenters. The molecule has 1 saturated carbocycles. The molecule has 0 bridgehead atoms. The Hall–Kier alpha value is -0.120. The minimum atomic E-state index is 0.0755. The van der Waals surface area contributed by atoms with Gasteiger partial charge < -0.3 is 9.84 Å². The molecule has 80 valence electrons. The molecule has 14 heavy (non-hydrogen) atoms. The molecule has 2 aliphatic heterocycles. The van der Waals surface area contributed by atoms with Crippen LogP contribution >= 0.6 is 0 Å². The second-order valence-electron chi connectivity index (χ2n) is 5.35. The second-order valence-corrected chi connectivity index (χ2v) is 5.35. The lowest BCUT2D eigenvalue weighted by atomic mass is 9.82. The van der Waals surface area contributed by atoms with E-state index in [2.05, 4.69) is 4.90 Å². The molecule has 3 aliphatic rings. The van der Waals surface area contributed by atoms with E-state index in [1.807, 2.05) is 0 Å². The van der Waals surface area contributed by atoms with E-state index < -0.39 is 0 Å². The Morgan fingerprint density at radius 1 is 1.07 bits per heavy atom. The quantitative estimate of drug-likeness (QED) is 0.704. The molecule has 0 aromatic carbocycles. The van der Waals surface area contributed by atoms with Gasteiger partial charge in [0.25, 0.3) is 0 Å². The molecule has 3 nitrogen and oxygen atoms in total. The van der Waals surface area contributed by atoms with Gasteiger partial charge in [-0.2, -0.15) is 0 Å². The fourth-order valence-electron chi connectivity index (χ4n) is 2.92. The summed E-state index contributed by atoms with van der Waals surface area (Å²) in [5.41, 5.74) is 0.770. The lowest BCUT2D eigenvalue weighted by Crippen LogP contribution is -2.64. The van der Waals surface area contributed by atoms with Crippen LogP contribution in [0.25, 0.3) is 0 Å². The number of nitrogens with zero attached hydrogens (tertiary/aromatic N) is 1. The first kappa shape index (κ1) is 9.13. The van der Waals surface area contributed by atoms with E-state index in [1.54, 1.807) is 0 Å². The van der Waals surface area contributed by atoms with Crippen LogP contribution in [-0.2, 0) is 4.74 Å². The molecule has 0 amide bonds. The molecule has 0 aromatic rings. The third-order valence-corrected chi connectivity index (χ3v) is 4.40. The fourth-order valence-corrected chi connectivity index (χ4v) is 2.92. The summed E-state index contributed by atoms with van der Waals surface area (Å²) in [7, 11) is 0. The molecule has 0 radical (unpaired) electrons. The summed E-state index contributed by atoms with van der Waals surface area (Å²) >= 11 is 0. The maximum Gasteiger partial charge on any atom is 0.0617 e. The Morgan fingerprint density at radius 3 is 2.21 bits per heavy atom. The van der Waals surface area contributed by atoms with E-state index in [0.29, 0.717) is 12.0 Å².